The lowest BCUT2D eigenvalue weighted by Gasteiger charge is -2.19. The van der Waals surface area contributed by atoms with E-state index in [2.05, 4.69) is 10.1 Å². The van der Waals surface area contributed by atoms with Gasteiger partial charge in [-0.1, -0.05) is 6.92 Å². The molecule has 2 rings (SSSR count). The van der Waals surface area contributed by atoms with E-state index < -0.39 is 10.0 Å². The Hall–Kier alpha value is -1.77. The molecule has 0 fully saturated rings. The van der Waals surface area contributed by atoms with E-state index in [1.54, 1.807) is 31.5 Å². The van der Waals surface area contributed by atoms with Crippen LogP contribution in [0.5, 0.6) is 0 Å². The minimum atomic E-state index is -3.60. The Morgan fingerprint density at radius 2 is 2.05 bits per heavy atom. The summed E-state index contributed by atoms with van der Waals surface area (Å²) in [7, 11) is -3.60. The molecule has 114 valence electrons. The Labute approximate surface area is 123 Å². The molecule has 0 aromatic carbocycles. The highest BCUT2D eigenvalue weighted by molar-refractivity contribution is 7.89. The molecular formula is C13H18N4O3S. The van der Waals surface area contributed by atoms with E-state index in [0.717, 1.165) is 5.56 Å². The number of pyridine rings is 1. The van der Waals surface area contributed by atoms with E-state index in [1.807, 2.05) is 0 Å². The maximum Gasteiger partial charge on any atom is 0.246 e. The number of nitrogens with zero attached hydrogens (tertiary/aromatic N) is 4. The number of aromatic nitrogens is 3. The summed E-state index contributed by atoms with van der Waals surface area (Å²) in [5, 5.41) is 12.8. The maximum absolute atomic E-state index is 12.6. The van der Waals surface area contributed by atoms with Crippen molar-refractivity contribution < 1.29 is 13.5 Å². The third-order valence-electron chi connectivity index (χ3n) is 3.04. The van der Waals surface area contributed by atoms with Crippen LogP contribution in [-0.4, -0.2) is 45.7 Å². The van der Waals surface area contributed by atoms with Crippen molar-refractivity contribution in [1.29, 1.82) is 0 Å². The topological polar surface area (TPSA) is 88.3 Å². The van der Waals surface area contributed by atoms with Crippen LogP contribution < -0.4 is 0 Å². The summed E-state index contributed by atoms with van der Waals surface area (Å²) >= 11 is 0. The minimum absolute atomic E-state index is 0.0876. The average molecular weight is 310 g/mol. The molecule has 7 nitrogen and oxygen atoms in total. The minimum Gasteiger partial charge on any atom is -0.394 e. The summed E-state index contributed by atoms with van der Waals surface area (Å²) in [5.41, 5.74) is 0.873. The zero-order valence-corrected chi connectivity index (χ0v) is 12.6. The molecule has 1 N–H and O–H groups in total. The zero-order valence-electron chi connectivity index (χ0n) is 11.8. The molecule has 0 atom stereocenters. The van der Waals surface area contributed by atoms with E-state index in [9.17, 15) is 8.42 Å². The fourth-order valence-corrected chi connectivity index (χ4v) is 3.30. The second-order valence-corrected chi connectivity index (χ2v) is 6.39. The molecule has 0 aliphatic carbocycles. The first-order chi connectivity index (χ1) is 10.1. The second-order valence-electron chi connectivity index (χ2n) is 4.45. The van der Waals surface area contributed by atoms with Crippen LogP contribution in [-0.2, 0) is 23.1 Å². The smallest absolute Gasteiger partial charge is 0.246 e. The Morgan fingerprint density at radius 1 is 1.33 bits per heavy atom. The Kier molecular flexibility index (Phi) is 5.05. The Balaban J connectivity index is 2.22. The Morgan fingerprint density at radius 3 is 2.67 bits per heavy atom. The van der Waals surface area contributed by atoms with Crippen LogP contribution in [0.25, 0.3) is 0 Å². The number of aliphatic hydroxyl groups excluding tert-OH is 1. The van der Waals surface area contributed by atoms with Gasteiger partial charge in [-0.05, 0) is 17.7 Å². The summed E-state index contributed by atoms with van der Waals surface area (Å²) in [5.74, 6) is 0. The summed E-state index contributed by atoms with van der Waals surface area (Å²) in [4.78, 5) is 4.05. The predicted octanol–water partition coefficient (Wildman–Crippen LogP) is 0.481. The molecule has 8 heteroatoms. The van der Waals surface area contributed by atoms with Gasteiger partial charge in [0.25, 0.3) is 0 Å². The van der Waals surface area contributed by atoms with Crippen LogP contribution in [0.15, 0.2) is 41.8 Å². The highest BCUT2D eigenvalue weighted by Crippen LogP contribution is 2.17. The largest absolute Gasteiger partial charge is 0.394 e. The van der Waals surface area contributed by atoms with Gasteiger partial charge in [0.15, 0.2) is 0 Å². The van der Waals surface area contributed by atoms with Crippen molar-refractivity contribution >= 4 is 10.0 Å². The van der Waals surface area contributed by atoms with Gasteiger partial charge >= 0.3 is 0 Å². The number of hydrogen-bond acceptors (Lipinski definition) is 5. The van der Waals surface area contributed by atoms with Crippen molar-refractivity contribution in [3.8, 4) is 0 Å². The zero-order chi connectivity index (χ0) is 15.3. The highest BCUT2D eigenvalue weighted by Gasteiger charge is 2.24. The van der Waals surface area contributed by atoms with Crippen molar-refractivity contribution in [2.24, 2.45) is 0 Å². The standard InChI is InChI=1S/C13H18N4O3S/c1-2-17(10-12-3-5-14-6-4-12)21(19,20)13-9-15-16(11-13)7-8-18/h3-6,9,11,18H,2,7-8,10H2,1H3. The van der Waals surface area contributed by atoms with Gasteiger partial charge < -0.3 is 5.11 Å². The van der Waals surface area contributed by atoms with Gasteiger partial charge in [0.2, 0.25) is 10.0 Å². The summed E-state index contributed by atoms with van der Waals surface area (Å²) in [6.45, 7) is 2.61. The van der Waals surface area contributed by atoms with Gasteiger partial charge in [-0.15, -0.1) is 0 Å². The lowest BCUT2D eigenvalue weighted by Crippen LogP contribution is -2.30. The number of hydrogen-bond donors (Lipinski definition) is 1. The fourth-order valence-electron chi connectivity index (χ4n) is 1.91. The fraction of sp³-hybridized carbons (Fsp3) is 0.385. The SMILES string of the molecule is CCN(Cc1ccncc1)S(=O)(=O)c1cnn(CCO)c1. The van der Waals surface area contributed by atoms with Gasteiger partial charge in [-0.2, -0.15) is 9.40 Å². The molecule has 0 saturated heterocycles. The van der Waals surface area contributed by atoms with E-state index in [4.69, 9.17) is 5.11 Å². The van der Waals surface area contributed by atoms with Gasteiger partial charge in [0, 0.05) is 31.7 Å². The first-order valence-electron chi connectivity index (χ1n) is 6.60. The van der Waals surface area contributed by atoms with Gasteiger partial charge in [0.1, 0.15) is 4.90 Å². The molecule has 0 amide bonds. The molecule has 2 aromatic heterocycles. The summed E-state index contributed by atoms with van der Waals surface area (Å²) in [6.07, 6.45) is 6.01. The lowest BCUT2D eigenvalue weighted by molar-refractivity contribution is 0.269. The molecule has 0 spiro atoms. The first-order valence-corrected chi connectivity index (χ1v) is 8.04. The van der Waals surface area contributed by atoms with E-state index in [-0.39, 0.29) is 24.6 Å². The molecule has 21 heavy (non-hydrogen) atoms. The summed E-state index contributed by atoms with van der Waals surface area (Å²) in [6, 6.07) is 3.57. The third-order valence-corrected chi connectivity index (χ3v) is 4.91. The molecule has 0 bridgehead atoms. The van der Waals surface area contributed by atoms with Crippen LogP contribution in [0.4, 0.5) is 0 Å². The molecule has 2 heterocycles. The van der Waals surface area contributed by atoms with E-state index >= 15 is 0 Å². The normalized spacial score (nSPS) is 12.0. The summed E-state index contributed by atoms with van der Waals surface area (Å²) < 4.78 is 27.9. The van der Waals surface area contributed by atoms with Crippen LogP contribution in [0, 0.1) is 0 Å². The third kappa shape index (κ3) is 3.66. The van der Waals surface area contributed by atoms with Crippen LogP contribution in [0.2, 0.25) is 0 Å². The van der Waals surface area contributed by atoms with Crippen LogP contribution >= 0.6 is 0 Å². The maximum atomic E-state index is 12.6. The number of aliphatic hydroxyl groups is 1. The molecule has 2 aromatic rings. The second kappa shape index (κ2) is 6.79. The van der Waals surface area contributed by atoms with Crippen molar-refractivity contribution in [3.05, 3.63) is 42.5 Å². The Bertz CT molecular complexity index is 670. The number of rotatable bonds is 7. The van der Waals surface area contributed by atoms with Crippen molar-refractivity contribution in [2.75, 3.05) is 13.2 Å². The predicted molar refractivity (Wildman–Crippen MR) is 76.8 cm³/mol. The molecular weight excluding hydrogens is 292 g/mol. The first kappa shape index (κ1) is 15.6. The molecule has 0 aliphatic rings. The molecule has 0 saturated carbocycles. The monoisotopic (exact) mass is 310 g/mol. The molecule has 0 radical (unpaired) electrons. The van der Waals surface area contributed by atoms with E-state index in [0.29, 0.717) is 6.54 Å². The van der Waals surface area contributed by atoms with Gasteiger partial charge in [0.05, 0.1) is 19.3 Å². The molecule has 0 unspecified atom stereocenters. The highest BCUT2D eigenvalue weighted by atomic mass is 32.2. The lowest BCUT2D eigenvalue weighted by atomic mass is 10.3. The quantitative estimate of drug-likeness (QED) is 0.803. The van der Waals surface area contributed by atoms with Crippen molar-refractivity contribution in [1.82, 2.24) is 19.1 Å². The average Bonchev–Trinajstić information content (AvgIpc) is 2.95. The molecule has 0 aliphatic heterocycles. The van der Waals surface area contributed by atoms with Gasteiger partial charge in [-0.25, -0.2) is 8.42 Å². The van der Waals surface area contributed by atoms with E-state index in [1.165, 1.54) is 21.4 Å². The van der Waals surface area contributed by atoms with Crippen molar-refractivity contribution in [3.63, 3.8) is 0 Å². The van der Waals surface area contributed by atoms with Crippen LogP contribution in [0.3, 0.4) is 0 Å². The number of sulfonamides is 1. The van der Waals surface area contributed by atoms with Crippen LogP contribution in [0.1, 0.15) is 12.5 Å². The van der Waals surface area contributed by atoms with Crippen molar-refractivity contribution in [2.45, 2.75) is 24.9 Å². The van der Waals surface area contributed by atoms with Gasteiger partial charge in [-0.3, -0.25) is 9.67 Å².